The Morgan fingerprint density at radius 2 is 2.00 bits per heavy atom. The van der Waals surface area contributed by atoms with E-state index in [4.69, 9.17) is 8.83 Å². The minimum atomic E-state index is 0.189. The highest BCUT2D eigenvalue weighted by atomic mass is 16.3. The number of para-hydroxylation sites is 1. The van der Waals surface area contributed by atoms with Gasteiger partial charge in [-0.05, 0) is 25.1 Å². The van der Waals surface area contributed by atoms with Crippen molar-refractivity contribution in [1.29, 1.82) is 0 Å². The van der Waals surface area contributed by atoms with Gasteiger partial charge < -0.3 is 14.2 Å². The quantitative estimate of drug-likeness (QED) is 0.753. The second-order valence-corrected chi connectivity index (χ2v) is 4.38. The molecule has 0 aliphatic rings. The van der Waals surface area contributed by atoms with Crippen LogP contribution >= 0.6 is 0 Å². The van der Waals surface area contributed by atoms with Gasteiger partial charge in [0, 0.05) is 17.5 Å². The van der Waals surface area contributed by atoms with Gasteiger partial charge in [0.05, 0.1) is 18.6 Å². The van der Waals surface area contributed by atoms with Crippen molar-refractivity contribution in [1.82, 2.24) is 5.32 Å². The van der Waals surface area contributed by atoms with Crippen LogP contribution < -0.4 is 5.32 Å². The maximum absolute atomic E-state index is 5.51. The Kier molecular flexibility index (Phi) is 2.90. The molecule has 0 saturated carbocycles. The SMILES string of the molecule is C[C@@H](NCc1coc2ccccc12)c1ccco1. The molecule has 0 saturated heterocycles. The largest absolute Gasteiger partial charge is 0.468 e. The number of benzene rings is 1. The minimum Gasteiger partial charge on any atom is -0.468 e. The van der Waals surface area contributed by atoms with Crippen LogP contribution in [-0.4, -0.2) is 0 Å². The monoisotopic (exact) mass is 241 g/mol. The third-order valence-electron chi connectivity index (χ3n) is 3.13. The van der Waals surface area contributed by atoms with Crippen LogP contribution in [0.3, 0.4) is 0 Å². The minimum absolute atomic E-state index is 0.189. The number of fused-ring (bicyclic) bond motifs is 1. The molecule has 92 valence electrons. The number of rotatable bonds is 4. The van der Waals surface area contributed by atoms with E-state index in [0.717, 1.165) is 23.3 Å². The molecule has 0 bridgehead atoms. The van der Waals surface area contributed by atoms with Crippen LogP contribution in [0.1, 0.15) is 24.3 Å². The third kappa shape index (κ3) is 2.05. The summed E-state index contributed by atoms with van der Waals surface area (Å²) in [5.74, 6) is 0.947. The number of hydrogen-bond donors (Lipinski definition) is 1. The van der Waals surface area contributed by atoms with Gasteiger partial charge in [0.2, 0.25) is 0 Å². The van der Waals surface area contributed by atoms with Gasteiger partial charge in [0.25, 0.3) is 0 Å². The second kappa shape index (κ2) is 4.70. The highest BCUT2D eigenvalue weighted by Gasteiger charge is 2.09. The van der Waals surface area contributed by atoms with E-state index in [-0.39, 0.29) is 6.04 Å². The molecule has 2 aromatic heterocycles. The Morgan fingerprint density at radius 1 is 1.11 bits per heavy atom. The molecule has 0 spiro atoms. The fraction of sp³-hybridized carbons (Fsp3) is 0.200. The molecule has 0 fully saturated rings. The zero-order valence-corrected chi connectivity index (χ0v) is 10.2. The van der Waals surface area contributed by atoms with Crippen LogP contribution in [-0.2, 0) is 6.54 Å². The van der Waals surface area contributed by atoms with Gasteiger partial charge in [0.1, 0.15) is 11.3 Å². The highest BCUT2D eigenvalue weighted by molar-refractivity contribution is 5.80. The standard InChI is InChI=1S/C15H15NO2/c1-11(14-7-4-8-17-14)16-9-12-10-18-15-6-3-2-5-13(12)15/h2-8,10-11,16H,9H2,1H3/t11-/m1/s1. The summed E-state index contributed by atoms with van der Waals surface area (Å²) in [6, 6.07) is 12.1. The lowest BCUT2D eigenvalue weighted by atomic mass is 10.1. The van der Waals surface area contributed by atoms with Crippen molar-refractivity contribution in [2.75, 3.05) is 0 Å². The molecule has 0 unspecified atom stereocenters. The van der Waals surface area contributed by atoms with Crippen LogP contribution in [0, 0.1) is 0 Å². The van der Waals surface area contributed by atoms with Gasteiger partial charge in [-0.1, -0.05) is 18.2 Å². The van der Waals surface area contributed by atoms with E-state index in [2.05, 4.69) is 18.3 Å². The van der Waals surface area contributed by atoms with E-state index in [0.29, 0.717) is 0 Å². The zero-order chi connectivity index (χ0) is 12.4. The maximum atomic E-state index is 5.51. The molecule has 3 nitrogen and oxygen atoms in total. The predicted molar refractivity (Wildman–Crippen MR) is 70.2 cm³/mol. The van der Waals surface area contributed by atoms with Gasteiger partial charge in [-0.25, -0.2) is 0 Å². The molecule has 1 N–H and O–H groups in total. The van der Waals surface area contributed by atoms with Gasteiger partial charge in [-0.3, -0.25) is 0 Å². The summed E-state index contributed by atoms with van der Waals surface area (Å²) in [4.78, 5) is 0. The summed E-state index contributed by atoms with van der Waals surface area (Å²) < 4.78 is 10.9. The molecular formula is C15H15NO2. The van der Waals surface area contributed by atoms with Crippen molar-refractivity contribution in [3.8, 4) is 0 Å². The Hall–Kier alpha value is -2.00. The van der Waals surface area contributed by atoms with Gasteiger partial charge in [0.15, 0.2) is 0 Å². The summed E-state index contributed by atoms with van der Waals surface area (Å²) in [5.41, 5.74) is 2.10. The average Bonchev–Trinajstić information content (AvgIpc) is 3.06. The van der Waals surface area contributed by atoms with Crippen LogP contribution in [0.25, 0.3) is 11.0 Å². The van der Waals surface area contributed by atoms with Crippen LogP contribution in [0.2, 0.25) is 0 Å². The molecule has 0 aliphatic carbocycles. The lowest BCUT2D eigenvalue weighted by Crippen LogP contribution is -2.17. The molecule has 2 heterocycles. The lowest BCUT2D eigenvalue weighted by Gasteiger charge is -2.10. The normalized spacial score (nSPS) is 12.9. The summed E-state index contributed by atoms with van der Waals surface area (Å²) in [6.45, 7) is 2.85. The smallest absolute Gasteiger partial charge is 0.134 e. The first-order valence-electron chi connectivity index (χ1n) is 6.06. The predicted octanol–water partition coefficient (Wildman–Crippen LogP) is 3.88. The molecule has 3 heteroatoms. The van der Waals surface area contributed by atoms with Gasteiger partial charge >= 0.3 is 0 Å². The van der Waals surface area contributed by atoms with Crippen molar-refractivity contribution in [2.45, 2.75) is 19.5 Å². The Morgan fingerprint density at radius 3 is 2.83 bits per heavy atom. The number of nitrogens with one attached hydrogen (secondary N) is 1. The fourth-order valence-electron chi connectivity index (χ4n) is 2.07. The van der Waals surface area contributed by atoms with Crippen LogP contribution in [0.4, 0.5) is 0 Å². The first-order valence-corrected chi connectivity index (χ1v) is 6.06. The first kappa shape index (κ1) is 11.1. The fourth-order valence-corrected chi connectivity index (χ4v) is 2.07. The Balaban J connectivity index is 1.73. The van der Waals surface area contributed by atoms with Crippen LogP contribution in [0.5, 0.6) is 0 Å². The van der Waals surface area contributed by atoms with E-state index in [1.807, 2.05) is 36.6 Å². The molecule has 1 aromatic carbocycles. The Bertz CT molecular complexity index is 625. The molecule has 18 heavy (non-hydrogen) atoms. The first-order chi connectivity index (χ1) is 8.84. The number of furan rings is 2. The van der Waals surface area contributed by atoms with Crippen molar-refractivity contribution in [2.24, 2.45) is 0 Å². The summed E-state index contributed by atoms with van der Waals surface area (Å²) >= 11 is 0. The molecule has 0 aliphatic heterocycles. The maximum Gasteiger partial charge on any atom is 0.134 e. The van der Waals surface area contributed by atoms with Crippen molar-refractivity contribution in [3.05, 3.63) is 60.2 Å². The summed E-state index contributed by atoms with van der Waals surface area (Å²) in [7, 11) is 0. The molecule has 1 atom stereocenters. The van der Waals surface area contributed by atoms with Crippen LogP contribution in [0.15, 0.2) is 57.8 Å². The second-order valence-electron chi connectivity index (χ2n) is 4.38. The van der Waals surface area contributed by atoms with E-state index in [1.165, 1.54) is 5.56 Å². The highest BCUT2D eigenvalue weighted by Crippen LogP contribution is 2.21. The molecule has 3 aromatic rings. The van der Waals surface area contributed by atoms with E-state index in [9.17, 15) is 0 Å². The average molecular weight is 241 g/mol. The third-order valence-corrected chi connectivity index (χ3v) is 3.13. The number of hydrogen-bond acceptors (Lipinski definition) is 3. The summed E-state index contributed by atoms with van der Waals surface area (Å²) in [5, 5.41) is 4.59. The van der Waals surface area contributed by atoms with Crippen molar-refractivity contribution in [3.63, 3.8) is 0 Å². The molecule has 0 radical (unpaired) electrons. The summed E-state index contributed by atoms with van der Waals surface area (Å²) in [6.07, 6.45) is 3.51. The van der Waals surface area contributed by atoms with Gasteiger partial charge in [-0.15, -0.1) is 0 Å². The van der Waals surface area contributed by atoms with E-state index in [1.54, 1.807) is 6.26 Å². The lowest BCUT2D eigenvalue weighted by molar-refractivity contribution is 0.430. The Labute approximate surface area is 105 Å². The molecular weight excluding hydrogens is 226 g/mol. The van der Waals surface area contributed by atoms with E-state index < -0.39 is 0 Å². The molecule has 0 amide bonds. The molecule has 3 rings (SSSR count). The van der Waals surface area contributed by atoms with Crippen molar-refractivity contribution < 1.29 is 8.83 Å². The zero-order valence-electron chi connectivity index (χ0n) is 10.2. The topological polar surface area (TPSA) is 38.3 Å². The van der Waals surface area contributed by atoms with Gasteiger partial charge in [-0.2, -0.15) is 0 Å². The van der Waals surface area contributed by atoms with E-state index >= 15 is 0 Å². The van der Waals surface area contributed by atoms with Crippen molar-refractivity contribution >= 4 is 11.0 Å².